The van der Waals surface area contributed by atoms with E-state index in [9.17, 15) is 0 Å². The number of oxazole rings is 1. The van der Waals surface area contributed by atoms with Crippen LogP contribution in [0, 0.1) is 13.8 Å². The van der Waals surface area contributed by atoms with E-state index in [-0.39, 0.29) is 6.04 Å². The molecule has 0 amide bonds. The van der Waals surface area contributed by atoms with E-state index in [1.165, 1.54) is 11.8 Å². The highest BCUT2D eigenvalue weighted by Crippen LogP contribution is 2.32. The Bertz CT molecular complexity index is 500. The minimum atomic E-state index is 0.0101. The molecule has 0 fully saturated rings. The van der Waals surface area contributed by atoms with Crippen molar-refractivity contribution in [2.45, 2.75) is 36.9 Å². The number of nitrogens with zero attached hydrogens (tertiary/aromatic N) is 1. The van der Waals surface area contributed by atoms with Crippen LogP contribution in [0.1, 0.15) is 30.0 Å². The molecule has 1 atom stereocenters. The average molecular weight is 248 g/mol. The smallest absolute Gasteiger partial charge is 0.261 e. The Labute approximate surface area is 105 Å². The van der Waals surface area contributed by atoms with Crippen molar-refractivity contribution in [2.75, 3.05) is 0 Å². The van der Waals surface area contributed by atoms with E-state index in [0.717, 1.165) is 21.9 Å². The van der Waals surface area contributed by atoms with Gasteiger partial charge in [0.1, 0.15) is 5.76 Å². The molecule has 1 heterocycles. The molecule has 0 bridgehead atoms. The van der Waals surface area contributed by atoms with Gasteiger partial charge in [-0.05, 0) is 44.2 Å². The molecule has 0 radical (unpaired) electrons. The van der Waals surface area contributed by atoms with Gasteiger partial charge >= 0.3 is 0 Å². The number of benzene rings is 1. The van der Waals surface area contributed by atoms with E-state index in [1.807, 2.05) is 45.0 Å². The zero-order valence-electron chi connectivity index (χ0n) is 10.2. The SMILES string of the molecule is Cc1nc(Sc2ccccc2[C@@H](C)N)oc1C. The first-order valence-corrected chi connectivity index (χ1v) is 6.36. The maximum atomic E-state index is 5.94. The average Bonchev–Trinajstić information content (AvgIpc) is 2.58. The van der Waals surface area contributed by atoms with Crippen LogP contribution >= 0.6 is 11.8 Å². The molecular weight excluding hydrogens is 232 g/mol. The highest BCUT2D eigenvalue weighted by Gasteiger charge is 2.11. The van der Waals surface area contributed by atoms with Crippen molar-refractivity contribution in [2.24, 2.45) is 5.73 Å². The van der Waals surface area contributed by atoms with Crippen LogP contribution in [0.2, 0.25) is 0 Å². The lowest BCUT2D eigenvalue weighted by molar-refractivity contribution is 0.431. The Hall–Kier alpha value is -1.26. The van der Waals surface area contributed by atoms with Crippen molar-refractivity contribution in [3.05, 3.63) is 41.3 Å². The third-order valence-corrected chi connectivity index (χ3v) is 3.56. The normalized spacial score (nSPS) is 12.7. The molecule has 0 saturated carbocycles. The molecule has 17 heavy (non-hydrogen) atoms. The lowest BCUT2D eigenvalue weighted by Gasteiger charge is -2.09. The number of aromatic nitrogens is 1. The molecule has 3 nitrogen and oxygen atoms in total. The molecule has 0 spiro atoms. The number of aryl methyl sites for hydroxylation is 2. The lowest BCUT2D eigenvalue weighted by Crippen LogP contribution is -2.05. The van der Waals surface area contributed by atoms with E-state index in [1.54, 1.807) is 0 Å². The highest BCUT2D eigenvalue weighted by atomic mass is 32.2. The number of hydrogen-bond donors (Lipinski definition) is 1. The standard InChI is InChI=1S/C13H16N2OS/c1-8(14)11-6-4-5-7-12(11)17-13-15-9(2)10(3)16-13/h4-8H,14H2,1-3H3/t8-/m1/s1. The second kappa shape index (κ2) is 4.94. The predicted octanol–water partition coefficient (Wildman–Crippen LogP) is 3.46. The van der Waals surface area contributed by atoms with Crippen LogP contribution in [0.25, 0.3) is 0 Å². The first kappa shape index (κ1) is 12.2. The fourth-order valence-corrected chi connectivity index (χ4v) is 2.59. The van der Waals surface area contributed by atoms with E-state index in [0.29, 0.717) is 5.22 Å². The van der Waals surface area contributed by atoms with E-state index in [4.69, 9.17) is 10.2 Å². The second-order valence-corrected chi connectivity index (χ2v) is 5.04. The van der Waals surface area contributed by atoms with Gasteiger partial charge in [0.25, 0.3) is 5.22 Å². The summed E-state index contributed by atoms with van der Waals surface area (Å²) < 4.78 is 5.56. The van der Waals surface area contributed by atoms with Crippen LogP contribution in [0.15, 0.2) is 38.8 Å². The molecule has 4 heteroatoms. The van der Waals surface area contributed by atoms with Crippen molar-refractivity contribution in [3.8, 4) is 0 Å². The Morgan fingerprint density at radius 3 is 2.59 bits per heavy atom. The first-order valence-electron chi connectivity index (χ1n) is 5.54. The van der Waals surface area contributed by atoms with Gasteiger partial charge in [-0.2, -0.15) is 0 Å². The van der Waals surface area contributed by atoms with E-state index >= 15 is 0 Å². The minimum Gasteiger partial charge on any atom is -0.436 e. The summed E-state index contributed by atoms with van der Waals surface area (Å²) in [4.78, 5) is 5.46. The van der Waals surface area contributed by atoms with Crippen molar-refractivity contribution in [3.63, 3.8) is 0 Å². The van der Waals surface area contributed by atoms with Gasteiger partial charge in [-0.1, -0.05) is 18.2 Å². The lowest BCUT2D eigenvalue weighted by atomic mass is 10.1. The molecule has 0 unspecified atom stereocenters. The summed E-state index contributed by atoms with van der Waals surface area (Å²) in [5, 5.41) is 0.674. The molecule has 1 aromatic heterocycles. The van der Waals surface area contributed by atoms with Crippen molar-refractivity contribution in [1.29, 1.82) is 0 Å². The van der Waals surface area contributed by atoms with Crippen LogP contribution in [0.5, 0.6) is 0 Å². The van der Waals surface area contributed by atoms with Gasteiger partial charge in [0, 0.05) is 10.9 Å². The Kier molecular flexibility index (Phi) is 3.54. The van der Waals surface area contributed by atoms with Crippen LogP contribution in [0.4, 0.5) is 0 Å². The van der Waals surface area contributed by atoms with Gasteiger partial charge in [0.15, 0.2) is 0 Å². The second-order valence-electron chi connectivity index (χ2n) is 4.05. The molecular formula is C13H16N2OS. The van der Waals surface area contributed by atoms with E-state index < -0.39 is 0 Å². The van der Waals surface area contributed by atoms with Gasteiger partial charge in [0.2, 0.25) is 0 Å². The Balaban J connectivity index is 2.29. The monoisotopic (exact) mass is 248 g/mol. The maximum Gasteiger partial charge on any atom is 0.261 e. The van der Waals surface area contributed by atoms with E-state index in [2.05, 4.69) is 4.98 Å². The molecule has 2 rings (SSSR count). The molecule has 0 aliphatic carbocycles. The number of rotatable bonds is 3. The third kappa shape index (κ3) is 2.70. The minimum absolute atomic E-state index is 0.0101. The van der Waals surface area contributed by atoms with Gasteiger partial charge in [-0.3, -0.25) is 0 Å². The highest BCUT2D eigenvalue weighted by molar-refractivity contribution is 7.99. The molecule has 0 aliphatic rings. The maximum absolute atomic E-state index is 5.94. The number of hydrogen-bond acceptors (Lipinski definition) is 4. The van der Waals surface area contributed by atoms with Crippen molar-refractivity contribution in [1.82, 2.24) is 4.98 Å². The summed E-state index contributed by atoms with van der Waals surface area (Å²) in [5.74, 6) is 0.866. The quantitative estimate of drug-likeness (QED) is 0.903. The fraction of sp³-hybridized carbons (Fsp3) is 0.308. The molecule has 2 N–H and O–H groups in total. The fourth-order valence-electron chi connectivity index (χ4n) is 1.53. The van der Waals surface area contributed by atoms with Crippen LogP contribution < -0.4 is 5.73 Å². The van der Waals surface area contributed by atoms with Gasteiger partial charge < -0.3 is 10.2 Å². The van der Waals surface area contributed by atoms with Gasteiger partial charge in [-0.25, -0.2) is 4.98 Å². The predicted molar refractivity (Wildman–Crippen MR) is 69.1 cm³/mol. The summed E-state index contributed by atoms with van der Waals surface area (Å²) in [6.45, 7) is 5.84. The molecule has 1 aromatic carbocycles. The summed E-state index contributed by atoms with van der Waals surface area (Å²) in [6, 6.07) is 8.08. The summed E-state index contributed by atoms with van der Waals surface area (Å²) >= 11 is 1.52. The molecule has 90 valence electrons. The van der Waals surface area contributed by atoms with Crippen LogP contribution in [0.3, 0.4) is 0 Å². The number of nitrogens with two attached hydrogens (primary N) is 1. The molecule has 0 aliphatic heterocycles. The van der Waals surface area contributed by atoms with Crippen LogP contribution in [-0.4, -0.2) is 4.98 Å². The topological polar surface area (TPSA) is 52.0 Å². The summed E-state index contributed by atoms with van der Waals surface area (Å²) in [5.41, 5.74) is 7.99. The molecule has 0 saturated heterocycles. The zero-order chi connectivity index (χ0) is 12.4. The first-order chi connectivity index (χ1) is 8.08. The Morgan fingerprint density at radius 2 is 2.00 bits per heavy atom. The molecule has 2 aromatic rings. The van der Waals surface area contributed by atoms with Gasteiger partial charge in [0.05, 0.1) is 5.69 Å². The third-order valence-electron chi connectivity index (χ3n) is 2.62. The van der Waals surface area contributed by atoms with Crippen molar-refractivity contribution >= 4 is 11.8 Å². The summed E-state index contributed by atoms with van der Waals surface area (Å²) in [7, 11) is 0. The van der Waals surface area contributed by atoms with Crippen LogP contribution in [-0.2, 0) is 0 Å². The van der Waals surface area contributed by atoms with Gasteiger partial charge in [-0.15, -0.1) is 0 Å². The van der Waals surface area contributed by atoms with Crippen molar-refractivity contribution < 1.29 is 4.42 Å². The Morgan fingerprint density at radius 1 is 1.29 bits per heavy atom. The largest absolute Gasteiger partial charge is 0.436 e. The summed E-state index contributed by atoms with van der Waals surface area (Å²) in [6.07, 6.45) is 0. The zero-order valence-corrected chi connectivity index (χ0v) is 11.0.